The van der Waals surface area contributed by atoms with Crippen LogP contribution in [0.1, 0.15) is 24.4 Å². The molecular formula is C15H17N3O2. The number of rotatable bonds is 4. The van der Waals surface area contributed by atoms with Gasteiger partial charge in [-0.05, 0) is 19.1 Å². The molecule has 1 unspecified atom stereocenters. The second-order valence-corrected chi connectivity index (χ2v) is 4.58. The molecule has 3 rings (SSSR count). The van der Waals surface area contributed by atoms with E-state index in [1.165, 1.54) is 0 Å². The van der Waals surface area contributed by atoms with E-state index in [4.69, 9.17) is 14.9 Å². The third kappa shape index (κ3) is 1.96. The zero-order valence-electron chi connectivity index (χ0n) is 11.5. The van der Waals surface area contributed by atoms with Crippen LogP contribution in [0, 0.1) is 0 Å². The summed E-state index contributed by atoms with van der Waals surface area (Å²) in [5, 5.41) is 5.32. The predicted octanol–water partition coefficient (Wildman–Crippen LogP) is 2.71. The Morgan fingerprint density at radius 1 is 1.40 bits per heavy atom. The van der Waals surface area contributed by atoms with Gasteiger partial charge in [0.15, 0.2) is 5.75 Å². The van der Waals surface area contributed by atoms with Crippen LogP contribution in [0.3, 0.4) is 0 Å². The van der Waals surface area contributed by atoms with E-state index in [1.54, 1.807) is 13.3 Å². The zero-order valence-corrected chi connectivity index (χ0v) is 11.5. The summed E-state index contributed by atoms with van der Waals surface area (Å²) in [6.45, 7) is 2.74. The molecule has 2 aromatic heterocycles. The summed E-state index contributed by atoms with van der Waals surface area (Å²) in [6.07, 6.45) is 1.68. The molecule has 0 aliphatic rings. The molecule has 2 heterocycles. The largest absolute Gasteiger partial charge is 0.493 e. The second-order valence-electron chi connectivity index (χ2n) is 4.58. The Morgan fingerprint density at radius 3 is 2.90 bits per heavy atom. The molecule has 20 heavy (non-hydrogen) atoms. The van der Waals surface area contributed by atoms with Gasteiger partial charge in [-0.3, -0.25) is 4.68 Å². The number of nitrogens with two attached hydrogens (primary N) is 1. The molecule has 0 saturated heterocycles. The van der Waals surface area contributed by atoms with Crippen LogP contribution in [0.2, 0.25) is 0 Å². The van der Waals surface area contributed by atoms with E-state index < -0.39 is 6.04 Å². The van der Waals surface area contributed by atoms with Gasteiger partial charge in [-0.25, -0.2) is 0 Å². The molecule has 0 spiro atoms. The Balaban J connectivity index is 2.07. The third-order valence-corrected chi connectivity index (χ3v) is 3.41. The van der Waals surface area contributed by atoms with E-state index in [1.807, 2.05) is 41.9 Å². The number of aromatic nitrogens is 2. The summed E-state index contributed by atoms with van der Waals surface area (Å²) in [6, 6.07) is 9.41. The van der Waals surface area contributed by atoms with Crippen molar-refractivity contribution in [1.82, 2.24) is 9.78 Å². The molecule has 0 aliphatic heterocycles. The standard InChI is InChI=1S/C15H17N3O2/c1-3-18-15(13(19-2)9-17-18)14(16)12-8-10-6-4-5-7-11(10)20-12/h4-9,14H,3,16H2,1-2H3. The molecule has 5 nitrogen and oxygen atoms in total. The van der Waals surface area contributed by atoms with Crippen molar-refractivity contribution in [2.24, 2.45) is 5.73 Å². The highest BCUT2D eigenvalue weighted by Gasteiger charge is 2.22. The molecular weight excluding hydrogens is 254 g/mol. The Hall–Kier alpha value is -2.27. The normalized spacial score (nSPS) is 12.8. The Labute approximate surface area is 116 Å². The van der Waals surface area contributed by atoms with Crippen LogP contribution in [-0.4, -0.2) is 16.9 Å². The molecule has 0 fully saturated rings. The highest BCUT2D eigenvalue weighted by molar-refractivity contribution is 5.77. The lowest BCUT2D eigenvalue weighted by molar-refractivity contribution is 0.399. The van der Waals surface area contributed by atoms with Gasteiger partial charge in [0.25, 0.3) is 0 Å². The maximum absolute atomic E-state index is 6.34. The first-order valence-electron chi connectivity index (χ1n) is 6.58. The minimum atomic E-state index is -0.403. The van der Waals surface area contributed by atoms with Crippen molar-refractivity contribution in [3.8, 4) is 5.75 Å². The molecule has 1 atom stereocenters. The number of ether oxygens (including phenoxy) is 1. The summed E-state index contributed by atoms with van der Waals surface area (Å²) < 4.78 is 13.0. The quantitative estimate of drug-likeness (QED) is 0.792. The van der Waals surface area contributed by atoms with E-state index in [0.29, 0.717) is 11.5 Å². The first-order valence-corrected chi connectivity index (χ1v) is 6.58. The maximum atomic E-state index is 6.34. The van der Waals surface area contributed by atoms with Gasteiger partial charge in [-0.1, -0.05) is 18.2 Å². The van der Waals surface area contributed by atoms with Crippen LogP contribution in [0.4, 0.5) is 0 Å². The Morgan fingerprint density at radius 2 is 2.20 bits per heavy atom. The van der Waals surface area contributed by atoms with Crippen LogP contribution in [0.5, 0.6) is 5.75 Å². The molecule has 0 radical (unpaired) electrons. The molecule has 0 aliphatic carbocycles. The van der Waals surface area contributed by atoms with Gasteiger partial charge in [0.05, 0.1) is 13.3 Å². The van der Waals surface area contributed by atoms with Gasteiger partial charge in [0.2, 0.25) is 0 Å². The van der Waals surface area contributed by atoms with Gasteiger partial charge in [0, 0.05) is 11.9 Å². The molecule has 5 heteroatoms. The number of benzene rings is 1. The fraction of sp³-hybridized carbons (Fsp3) is 0.267. The molecule has 0 bridgehead atoms. The number of hydrogen-bond acceptors (Lipinski definition) is 4. The van der Waals surface area contributed by atoms with E-state index in [-0.39, 0.29) is 0 Å². The number of furan rings is 1. The Bertz CT molecular complexity index is 675. The first-order chi connectivity index (χ1) is 9.74. The average Bonchev–Trinajstić information content (AvgIpc) is 3.09. The van der Waals surface area contributed by atoms with Crippen molar-refractivity contribution in [3.63, 3.8) is 0 Å². The van der Waals surface area contributed by atoms with E-state index >= 15 is 0 Å². The lowest BCUT2D eigenvalue weighted by atomic mass is 10.1. The third-order valence-electron chi connectivity index (χ3n) is 3.41. The van der Waals surface area contributed by atoms with Crippen LogP contribution < -0.4 is 10.5 Å². The van der Waals surface area contributed by atoms with Gasteiger partial charge < -0.3 is 14.9 Å². The van der Waals surface area contributed by atoms with Crippen molar-refractivity contribution in [2.75, 3.05) is 7.11 Å². The monoisotopic (exact) mass is 271 g/mol. The lowest BCUT2D eigenvalue weighted by Gasteiger charge is -2.12. The Kier molecular flexibility index (Phi) is 3.20. The second kappa shape index (κ2) is 5.02. The van der Waals surface area contributed by atoms with Crippen molar-refractivity contribution in [1.29, 1.82) is 0 Å². The van der Waals surface area contributed by atoms with Crippen LogP contribution in [-0.2, 0) is 6.54 Å². The van der Waals surface area contributed by atoms with E-state index in [2.05, 4.69) is 5.10 Å². The number of fused-ring (bicyclic) bond motifs is 1. The molecule has 3 aromatic rings. The van der Waals surface area contributed by atoms with Crippen molar-refractivity contribution in [2.45, 2.75) is 19.5 Å². The summed E-state index contributed by atoms with van der Waals surface area (Å²) in [5.41, 5.74) is 8.00. The van der Waals surface area contributed by atoms with E-state index in [9.17, 15) is 0 Å². The number of aryl methyl sites for hydroxylation is 1. The van der Waals surface area contributed by atoms with Gasteiger partial charge in [0.1, 0.15) is 23.1 Å². The van der Waals surface area contributed by atoms with Crippen molar-refractivity contribution < 1.29 is 9.15 Å². The van der Waals surface area contributed by atoms with Crippen LogP contribution >= 0.6 is 0 Å². The highest BCUT2D eigenvalue weighted by Crippen LogP contribution is 2.31. The predicted molar refractivity (Wildman–Crippen MR) is 76.7 cm³/mol. The fourth-order valence-corrected chi connectivity index (χ4v) is 2.39. The minimum Gasteiger partial charge on any atom is -0.493 e. The molecule has 104 valence electrons. The summed E-state index contributed by atoms with van der Waals surface area (Å²) in [4.78, 5) is 0. The number of hydrogen-bond donors (Lipinski definition) is 1. The first kappa shape index (κ1) is 12.7. The topological polar surface area (TPSA) is 66.2 Å². The van der Waals surface area contributed by atoms with Gasteiger partial charge in [-0.15, -0.1) is 0 Å². The summed E-state index contributed by atoms with van der Waals surface area (Å²) >= 11 is 0. The number of para-hydroxylation sites is 1. The number of methoxy groups -OCH3 is 1. The van der Waals surface area contributed by atoms with Crippen molar-refractivity contribution in [3.05, 3.63) is 48.0 Å². The van der Waals surface area contributed by atoms with E-state index in [0.717, 1.165) is 23.2 Å². The fourth-order valence-electron chi connectivity index (χ4n) is 2.39. The SMILES string of the molecule is CCn1ncc(OC)c1C(N)c1cc2ccccc2o1. The molecule has 0 saturated carbocycles. The van der Waals surface area contributed by atoms with Crippen molar-refractivity contribution >= 4 is 11.0 Å². The van der Waals surface area contributed by atoms with Crippen LogP contribution in [0.15, 0.2) is 40.9 Å². The smallest absolute Gasteiger partial charge is 0.162 e. The maximum Gasteiger partial charge on any atom is 0.162 e. The summed E-state index contributed by atoms with van der Waals surface area (Å²) in [7, 11) is 1.62. The minimum absolute atomic E-state index is 0.403. The van der Waals surface area contributed by atoms with Gasteiger partial charge in [-0.2, -0.15) is 5.10 Å². The lowest BCUT2D eigenvalue weighted by Crippen LogP contribution is -2.17. The molecule has 2 N–H and O–H groups in total. The molecule has 1 aromatic carbocycles. The average molecular weight is 271 g/mol. The highest BCUT2D eigenvalue weighted by atomic mass is 16.5. The zero-order chi connectivity index (χ0) is 14.1. The summed E-state index contributed by atoms with van der Waals surface area (Å²) in [5.74, 6) is 1.39. The van der Waals surface area contributed by atoms with Crippen LogP contribution in [0.25, 0.3) is 11.0 Å². The molecule has 0 amide bonds. The van der Waals surface area contributed by atoms with Gasteiger partial charge >= 0.3 is 0 Å². The number of nitrogens with zero attached hydrogens (tertiary/aromatic N) is 2.